The maximum absolute atomic E-state index is 11.8. The standard InChI is InChI=1S/C14H29N3O/c1-11(2)17(12(3)4)10-9-15-13-7-5-6-8-16-14(13)18/h11-13,15H,5-10H2,1-4H3,(H,16,18). The van der Waals surface area contributed by atoms with Crippen LogP contribution in [0.4, 0.5) is 0 Å². The topological polar surface area (TPSA) is 44.4 Å². The smallest absolute Gasteiger partial charge is 0.237 e. The summed E-state index contributed by atoms with van der Waals surface area (Å²) in [6.45, 7) is 11.6. The van der Waals surface area contributed by atoms with Crippen LogP contribution >= 0.6 is 0 Å². The van der Waals surface area contributed by atoms with Crippen LogP contribution in [0.2, 0.25) is 0 Å². The Morgan fingerprint density at radius 1 is 1.28 bits per heavy atom. The lowest BCUT2D eigenvalue weighted by molar-refractivity contribution is -0.122. The van der Waals surface area contributed by atoms with Gasteiger partial charge < -0.3 is 10.6 Å². The average Bonchev–Trinajstić information content (AvgIpc) is 2.49. The molecule has 0 bridgehead atoms. The fourth-order valence-corrected chi connectivity index (χ4v) is 2.61. The Kier molecular flexibility index (Phi) is 6.65. The van der Waals surface area contributed by atoms with Gasteiger partial charge in [-0.15, -0.1) is 0 Å². The molecule has 106 valence electrons. The minimum absolute atomic E-state index is 0.00803. The second-order valence-corrected chi connectivity index (χ2v) is 5.72. The molecular weight excluding hydrogens is 226 g/mol. The second kappa shape index (κ2) is 7.74. The fourth-order valence-electron chi connectivity index (χ4n) is 2.61. The summed E-state index contributed by atoms with van der Waals surface area (Å²) in [6, 6.07) is 1.11. The van der Waals surface area contributed by atoms with Crippen molar-refractivity contribution in [3.63, 3.8) is 0 Å². The Balaban J connectivity index is 2.32. The van der Waals surface area contributed by atoms with Crippen LogP contribution in [0.3, 0.4) is 0 Å². The van der Waals surface area contributed by atoms with E-state index in [0.29, 0.717) is 12.1 Å². The van der Waals surface area contributed by atoms with Crippen LogP contribution in [0.5, 0.6) is 0 Å². The van der Waals surface area contributed by atoms with Crippen LogP contribution in [0, 0.1) is 0 Å². The van der Waals surface area contributed by atoms with Crippen molar-refractivity contribution in [1.29, 1.82) is 0 Å². The molecule has 1 rings (SSSR count). The molecule has 1 atom stereocenters. The molecule has 1 amide bonds. The highest BCUT2D eigenvalue weighted by atomic mass is 16.2. The summed E-state index contributed by atoms with van der Waals surface area (Å²) in [5, 5.41) is 6.36. The van der Waals surface area contributed by atoms with E-state index >= 15 is 0 Å². The summed E-state index contributed by atoms with van der Waals surface area (Å²) < 4.78 is 0. The quantitative estimate of drug-likeness (QED) is 0.753. The highest BCUT2D eigenvalue weighted by molar-refractivity contribution is 5.81. The van der Waals surface area contributed by atoms with Crippen molar-refractivity contribution >= 4 is 5.91 Å². The predicted octanol–water partition coefficient (Wildman–Crippen LogP) is 1.36. The van der Waals surface area contributed by atoms with Gasteiger partial charge in [-0.25, -0.2) is 0 Å². The van der Waals surface area contributed by atoms with Crippen LogP contribution in [0.1, 0.15) is 47.0 Å². The summed E-state index contributed by atoms with van der Waals surface area (Å²) in [5.41, 5.74) is 0. The highest BCUT2D eigenvalue weighted by Crippen LogP contribution is 2.06. The third-order valence-electron chi connectivity index (χ3n) is 3.62. The van der Waals surface area contributed by atoms with Crippen LogP contribution in [0.15, 0.2) is 0 Å². The van der Waals surface area contributed by atoms with Gasteiger partial charge >= 0.3 is 0 Å². The molecule has 1 fully saturated rings. The minimum atomic E-state index is 0.00803. The first-order valence-corrected chi connectivity index (χ1v) is 7.29. The zero-order valence-electron chi connectivity index (χ0n) is 12.3. The lowest BCUT2D eigenvalue weighted by Gasteiger charge is -2.31. The van der Waals surface area contributed by atoms with Crippen molar-refractivity contribution in [3.8, 4) is 0 Å². The number of hydrogen-bond acceptors (Lipinski definition) is 3. The lowest BCUT2D eigenvalue weighted by Crippen LogP contribution is -2.47. The summed E-state index contributed by atoms with van der Waals surface area (Å²) in [4.78, 5) is 14.2. The third-order valence-corrected chi connectivity index (χ3v) is 3.62. The zero-order chi connectivity index (χ0) is 13.5. The largest absolute Gasteiger partial charge is 0.355 e. The van der Waals surface area contributed by atoms with Crippen molar-refractivity contribution in [2.24, 2.45) is 0 Å². The molecule has 4 nitrogen and oxygen atoms in total. The molecule has 1 aliphatic rings. The van der Waals surface area contributed by atoms with E-state index in [1.165, 1.54) is 0 Å². The normalized spacial score (nSPS) is 21.5. The molecule has 1 saturated heterocycles. The molecule has 18 heavy (non-hydrogen) atoms. The summed E-state index contributed by atoms with van der Waals surface area (Å²) in [7, 11) is 0. The summed E-state index contributed by atoms with van der Waals surface area (Å²) >= 11 is 0. The van der Waals surface area contributed by atoms with E-state index in [9.17, 15) is 4.79 Å². The molecular formula is C14H29N3O. The number of rotatable bonds is 6. The van der Waals surface area contributed by atoms with E-state index in [1.54, 1.807) is 0 Å². The van der Waals surface area contributed by atoms with Crippen molar-refractivity contribution in [1.82, 2.24) is 15.5 Å². The molecule has 1 heterocycles. The van der Waals surface area contributed by atoms with E-state index in [4.69, 9.17) is 0 Å². The first-order chi connectivity index (χ1) is 8.52. The monoisotopic (exact) mass is 255 g/mol. The Bertz CT molecular complexity index is 245. The van der Waals surface area contributed by atoms with Gasteiger partial charge in [0.1, 0.15) is 0 Å². The molecule has 2 N–H and O–H groups in total. The van der Waals surface area contributed by atoms with Gasteiger partial charge in [-0.05, 0) is 47.0 Å². The molecule has 0 aromatic heterocycles. The maximum Gasteiger partial charge on any atom is 0.237 e. The van der Waals surface area contributed by atoms with Gasteiger partial charge in [-0.2, -0.15) is 0 Å². The molecule has 0 aromatic rings. The molecule has 0 spiro atoms. The van der Waals surface area contributed by atoms with Gasteiger partial charge in [0.05, 0.1) is 6.04 Å². The number of nitrogens with one attached hydrogen (secondary N) is 2. The van der Waals surface area contributed by atoms with Gasteiger partial charge in [-0.1, -0.05) is 0 Å². The molecule has 4 heteroatoms. The van der Waals surface area contributed by atoms with E-state index in [0.717, 1.165) is 38.9 Å². The number of hydrogen-bond donors (Lipinski definition) is 2. The van der Waals surface area contributed by atoms with Crippen LogP contribution in [0.25, 0.3) is 0 Å². The molecule has 1 aliphatic heterocycles. The van der Waals surface area contributed by atoms with Gasteiger partial charge in [0.25, 0.3) is 0 Å². The Morgan fingerprint density at radius 2 is 1.94 bits per heavy atom. The minimum Gasteiger partial charge on any atom is -0.355 e. The Morgan fingerprint density at radius 3 is 2.56 bits per heavy atom. The first kappa shape index (κ1) is 15.4. The molecule has 0 radical (unpaired) electrons. The number of carbonyl (C=O) groups is 1. The first-order valence-electron chi connectivity index (χ1n) is 7.29. The van der Waals surface area contributed by atoms with Crippen molar-refractivity contribution < 1.29 is 4.79 Å². The van der Waals surface area contributed by atoms with Crippen LogP contribution in [-0.2, 0) is 4.79 Å². The second-order valence-electron chi connectivity index (χ2n) is 5.72. The van der Waals surface area contributed by atoms with Gasteiger partial charge in [-0.3, -0.25) is 9.69 Å². The third kappa shape index (κ3) is 4.94. The molecule has 1 unspecified atom stereocenters. The van der Waals surface area contributed by atoms with Gasteiger partial charge in [0, 0.05) is 31.7 Å². The number of nitrogens with zero attached hydrogens (tertiary/aromatic N) is 1. The Labute approximate surface area is 111 Å². The van der Waals surface area contributed by atoms with Crippen molar-refractivity contribution in [2.75, 3.05) is 19.6 Å². The zero-order valence-corrected chi connectivity index (χ0v) is 12.3. The van der Waals surface area contributed by atoms with Crippen LogP contribution < -0.4 is 10.6 Å². The van der Waals surface area contributed by atoms with Crippen LogP contribution in [-0.4, -0.2) is 48.6 Å². The van der Waals surface area contributed by atoms with E-state index in [-0.39, 0.29) is 11.9 Å². The lowest BCUT2D eigenvalue weighted by atomic mass is 10.1. The predicted molar refractivity (Wildman–Crippen MR) is 75.6 cm³/mol. The number of carbonyl (C=O) groups excluding carboxylic acids is 1. The number of amides is 1. The Hall–Kier alpha value is -0.610. The van der Waals surface area contributed by atoms with E-state index in [2.05, 4.69) is 43.2 Å². The van der Waals surface area contributed by atoms with Crippen molar-refractivity contribution in [3.05, 3.63) is 0 Å². The SMILES string of the molecule is CC(C)N(CCNC1CCCCNC1=O)C(C)C. The fraction of sp³-hybridized carbons (Fsp3) is 0.929. The summed E-state index contributed by atoms with van der Waals surface area (Å²) in [6.07, 6.45) is 3.21. The molecule has 0 aliphatic carbocycles. The molecule has 0 saturated carbocycles. The highest BCUT2D eigenvalue weighted by Gasteiger charge is 2.20. The maximum atomic E-state index is 11.8. The van der Waals surface area contributed by atoms with Gasteiger partial charge in [0.2, 0.25) is 5.91 Å². The van der Waals surface area contributed by atoms with Gasteiger partial charge in [0.15, 0.2) is 0 Å². The van der Waals surface area contributed by atoms with E-state index < -0.39 is 0 Å². The average molecular weight is 255 g/mol. The van der Waals surface area contributed by atoms with E-state index in [1.807, 2.05) is 0 Å². The summed E-state index contributed by atoms with van der Waals surface area (Å²) in [5.74, 6) is 0.174. The van der Waals surface area contributed by atoms with Crippen molar-refractivity contribution in [2.45, 2.75) is 65.1 Å². The molecule has 0 aromatic carbocycles.